The summed E-state index contributed by atoms with van der Waals surface area (Å²) in [7, 11) is 1.43. The van der Waals surface area contributed by atoms with Gasteiger partial charge in [-0.1, -0.05) is 12.8 Å². The van der Waals surface area contributed by atoms with Gasteiger partial charge in [-0.25, -0.2) is 0 Å². The third kappa shape index (κ3) is 4.71. The van der Waals surface area contributed by atoms with Crippen molar-refractivity contribution in [3.05, 3.63) is 27.8 Å². The van der Waals surface area contributed by atoms with Crippen LogP contribution in [0.3, 0.4) is 0 Å². The molecule has 0 aromatic heterocycles. The molecule has 1 aromatic rings. The number of nitro groups is 1. The van der Waals surface area contributed by atoms with Crippen LogP contribution in [0, 0.1) is 16.0 Å². The molecule has 0 bridgehead atoms. The van der Waals surface area contributed by atoms with Crippen molar-refractivity contribution in [3.63, 3.8) is 0 Å². The fraction of sp³-hybridized carbons (Fsp3) is 0.647. The molecule has 9 heteroatoms. The van der Waals surface area contributed by atoms with E-state index < -0.39 is 10.7 Å². The van der Waals surface area contributed by atoms with E-state index in [1.165, 1.54) is 26.0 Å². The molecule has 7 nitrogen and oxygen atoms in total. The van der Waals surface area contributed by atoms with Crippen LogP contribution in [0.15, 0.2) is 12.1 Å². The molecule has 0 spiro atoms. The third-order valence-corrected chi connectivity index (χ3v) is 5.23. The van der Waals surface area contributed by atoms with Gasteiger partial charge in [0.1, 0.15) is 0 Å². The van der Waals surface area contributed by atoms with Crippen LogP contribution in [0.5, 0.6) is 11.5 Å². The Kier molecular flexibility index (Phi) is 8.89. The van der Waals surface area contributed by atoms with Gasteiger partial charge in [-0.05, 0) is 30.4 Å². The monoisotopic (exact) mass is 407 g/mol. The topological polar surface area (TPSA) is 87.9 Å². The summed E-state index contributed by atoms with van der Waals surface area (Å²) in [5.74, 6) is 0.283. The van der Waals surface area contributed by atoms with Gasteiger partial charge in [0.2, 0.25) is 5.75 Å². The van der Waals surface area contributed by atoms with Crippen LogP contribution in [0.1, 0.15) is 37.3 Å². The van der Waals surface area contributed by atoms with Crippen molar-refractivity contribution in [3.8, 4) is 11.5 Å². The Morgan fingerprint density at radius 2 is 1.88 bits per heavy atom. The fourth-order valence-electron chi connectivity index (χ4n) is 4.09. The predicted molar refractivity (Wildman–Crippen MR) is 105 cm³/mol. The van der Waals surface area contributed by atoms with Gasteiger partial charge in [-0.2, -0.15) is 0 Å². The molecule has 1 heterocycles. The molecule has 1 aliphatic heterocycles. The SMILES string of the molecule is COc1cc([C@@H](C2CCCC2)N2CCNCC2)cc([N+](=O)[O-])c1O.Cl.Cl. The molecule has 148 valence electrons. The molecule has 0 radical (unpaired) electrons. The molecule has 1 atom stereocenters. The number of aromatic hydroxyl groups is 1. The van der Waals surface area contributed by atoms with Gasteiger partial charge < -0.3 is 15.2 Å². The lowest BCUT2D eigenvalue weighted by molar-refractivity contribution is -0.386. The molecule has 2 aliphatic rings. The number of nitrogens with one attached hydrogen (secondary N) is 1. The van der Waals surface area contributed by atoms with Crippen molar-refractivity contribution in [1.82, 2.24) is 10.2 Å². The van der Waals surface area contributed by atoms with Crippen molar-refractivity contribution < 1.29 is 14.8 Å². The number of nitro benzene ring substituents is 1. The van der Waals surface area contributed by atoms with Crippen molar-refractivity contribution >= 4 is 30.5 Å². The number of ether oxygens (including phenoxy) is 1. The Morgan fingerprint density at radius 1 is 1.27 bits per heavy atom. The van der Waals surface area contributed by atoms with Gasteiger partial charge in [0.15, 0.2) is 5.75 Å². The fourth-order valence-corrected chi connectivity index (χ4v) is 4.09. The van der Waals surface area contributed by atoms with Crippen LogP contribution in [0.2, 0.25) is 0 Å². The van der Waals surface area contributed by atoms with Gasteiger partial charge in [0, 0.05) is 38.3 Å². The number of hydrogen-bond donors (Lipinski definition) is 2. The van der Waals surface area contributed by atoms with E-state index in [0.717, 1.165) is 44.6 Å². The van der Waals surface area contributed by atoms with Gasteiger partial charge >= 0.3 is 5.69 Å². The normalized spacial score (nSPS) is 19.3. The van der Waals surface area contributed by atoms with Crippen LogP contribution in [-0.2, 0) is 0 Å². The highest BCUT2D eigenvalue weighted by molar-refractivity contribution is 5.85. The second kappa shape index (κ2) is 10.2. The lowest BCUT2D eigenvalue weighted by atomic mass is 9.89. The summed E-state index contributed by atoms with van der Waals surface area (Å²) in [6.07, 6.45) is 4.71. The minimum absolute atomic E-state index is 0. The van der Waals surface area contributed by atoms with Crippen molar-refractivity contribution in [2.45, 2.75) is 31.7 Å². The van der Waals surface area contributed by atoms with Gasteiger partial charge in [-0.3, -0.25) is 15.0 Å². The van der Waals surface area contributed by atoms with E-state index in [0.29, 0.717) is 5.92 Å². The Bertz CT molecular complexity index is 606. The second-order valence-electron chi connectivity index (χ2n) is 6.62. The Balaban J connectivity index is 0.00000169. The maximum absolute atomic E-state index is 11.3. The van der Waals surface area contributed by atoms with E-state index in [1.807, 2.05) is 0 Å². The molecule has 0 amide bonds. The highest BCUT2D eigenvalue weighted by atomic mass is 35.5. The summed E-state index contributed by atoms with van der Waals surface area (Å²) in [5, 5.41) is 24.7. The zero-order chi connectivity index (χ0) is 17.1. The van der Waals surface area contributed by atoms with E-state index in [4.69, 9.17) is 4.74 Å². The molecule has 1 aliphatic carbocycles. The molecule has 1 aromatic carbocycles. The van der Waals surface area contributed by atoms with E-state index in [9.17, 15) is 15.2 Å². The van der Waals surface area contributed by atoms with Gasteiger partial charge in [0.05, 0.1) is 12.0 Å². The summed E-state index contributed by atoms with van der Waals surface area (Å²) in [6, 6.07) is 3.44. The molecule has 26 heavy (non-hydrogen) atoms. The van der Waals surface area contributed by atoms with Crippen LogP contribution in [-0.4, -0.2) is 48.2 Å². The minimum atomic E-state index is -0.537. The molecule has 1 saturated carbocycles. The van der Waals surface area contributed by atoms with Crippen molar-refractivity contribution in [2.24, 2.45) is 5.92 Å². The Morgan fingerprint density at radius 3 is 2.42 bits per heavy atom. The van der Waals surface area contributed by atoms with E-state index >= 15 is 0 Å². The number of benzene rings is 1. The van der Waals surface area contributed by atoms with Crippen LogP contribution >= 0.6 is 24.8 Å². The lowest BCUT2D eigenvalue weighted by Gasteiger charge is -2.38. The molecule has 3 rings (SSSR count). The third-order valence-electron chi connectivity index (χ3n) is 5.23. The first kappa shape index (κ1) is 22.8. The predicted octanol–water partition coefficient (Wildman–Crippen LogP) is 3.29. The summed E-state index contributed by atoms with van der Waals surface area (Å²) in [5.41, 5.74) is 0.604. The Hall–Kier alpha value is -1.28. The first-order chi connectivity index (χ1) is 11.6. The number of phenols is 1. The quantitative estimate of drug-likeness (QED) is 0.574. The first-order valence-corrected chi connectivity index (χ1v) is 8.62. The summed E-state index contributed by atoms with van der Waals surface area (Å²) < 4.78 is 5.19. The summed E-state index contributed by atoms with van der Waals surface area (Å²) in [6.45, 7) is 3.72. The Labute approximate surface area is 166 Å². The number of phenolic OH excluding ortho intramolecular Hbond substituents is 1. The highest BCUT2D eigenvalue weighted by Crippen LogP contribution is 2.44. The molecular formula is C17H27Cl2N3O4. The van der Waals surface area contributed by atoms with Crippen molar-refractivity contribution in [2.75, 3.05) is 33.3 Å². The summed E-state index contributed by atoms with van der Waals surface area (Å²) >= 11 is 0. The van der Waals surface area contributed by atoms with Crippen LogP contribution < -0.4 is 10.1 Å². The lowest BCUT2D eigenvalue weighted by Crippen LogP contribution is -2.46. The van der Waals surface area contributed by atoms with E-state index in [2.05, 4.69) is 10.2 Å². The molecule has 1 saturated heterocycles. The van der Waals surface area contributed by atoms with E-state index in [-0.39, 0.29) is 42.3 Å². The van der Waals surface area contributed by atoms with Crippen molar-refractivity contribution in [1.29, 1.82) is 0 Å². The van der Waals surface area contributed by atoms with Crippen LogP contribution in [0.4, 0.5) is 5.69 Å². The molecular weight excluding hydrogens is 381 g/mol. The zero-order valence-corrected chi connectivity index (χ0v) is 16.5. The smallest absolute Gasteiger partial charge is 0.314 e. The first-order valence-electron chi connectivity index (χ1n) is 8.62. The number of piperazine rings is 1. The molecule has 2 fully saturated rings. The average Bonchev–Trinajstić information content (AvgIpc) is 3.11. The largest absolute Gasteiger partial charge is 0.500 e. The maximum Gasteiger partial charge on any atom is 0.314 e. The number of halogens is 2. The minimum Gasteiger partial charge on any atom is -0.500 e. The molecule has 0 unspecified atom stereocenters. The standard InChI is InChI=1S/C17H25N3O4.2ClH/c1-24-15-11-13(10-14(17(15)21)20(22)23)16(12-4-2-3-5-12)19-8-6-18-7-9-19;;/h10-12,16,18,21H,2-9H2,1H3;2*1H/t16-;;/m1../s1. The summed E-state index contributed by atoms with van der Waals surface area (Å²) in [4.78, 5) is 13.2. The van der Waals surface area contributed by atoms with Gasteiger partial charge in [0.25, 0.3) is 0 Å². The average molecular weight is 408 g/mol. The highest BCUT2D eigenvalue weighted by Gasteiger charge is 2.34. The maximum atomic E-state index is 11.3. The number of rotatable bonds is 5. The van der Waals surface area contributed by atoms with E-state index in [1.54, 1.807) is 6.07 Å². The number of nitrogens with zero attached hydrogens (tertiary/aromatic N) is 2. The second-order valence-corrected chi connectivity index (χ2v) is 6.62. The van der Waals surface area contributed by atoms with Gasteiger partial charge in [-0.15, -0.1) is 24.8 Å². The van der Waals surface area contributed by atoms with Crippen LogP contribution in [0.25, 0.3) is 0 Å². The number of hydrogen-bond acceptors (Lipinski definition) is 6. The molecule has 2 N–H and O–H groups in total. The number of methoxy groups -OCH3 is 1. The zero-order valence-electron chi connectivity index (χ0n) is 14.8.